The van der Waals surface area contributed by atoms with E-state index in [0.29, 0.717) is 12.0 Å². The summed E-state index contributed by atoms with van der Waals surface area (Å²) < 4.78 is 0. The molecule has 5 heteroatoms. The molecule has 2 atom stereocenters. The lowest BCUT2D eigenvalue weighted by molar-refractivity contribution is 0.0847. The van der Waals surface area contributed by atoms with Crippen LogP contribution in [0.2, 0.25) is 0 Å². The van der Waals surface area contributed by atoms with Crippen LogP contribution >= 0.6 is 0 Å². The molecule has 0 aliphatic heterocycles. The van der Waals surface area contributed by atoms with Crippen LogP contribution in [0.5, 0.6) is 0 Å². The van der Waals surface area contributed by atoms with Gasteiger partial charge in [0.1, 0.15) is 11.8 Å². The number of aromatic nitrogens is 1. The molecular weight excluding hydrogens is 278 g/mol. The highest BCUT2D eigenvalue weighted by Crippen LogP contribution is 2.07. The molecule has 1 heterocycles. The van der Waals surface area contributed by atoms with E-state index >= 15 is 0 Å². The van der Waals surface area contributed by atoms with Crippen molar-refractivity contribution in [2.24, 2.45) is 0 Å². The fourth-order valence-electron chi connectivity index (χ4n) is 2.00. The Balaban J connectivity index is 1.94. The summed E-state index contributed by atoms with van der Waals surface area (Å²) >= 11 is 0. The summed E-state index contributed by atoms with van der Waals surface area (Å²) in [5, 5.41) is 21.6. The molecule has 1 aromatic heterocycles. The molecule has 1 aromatic carbocycles. The van der Waals surface area contributed by atoms with Gasteiger partial charge in [-0.1, -0.05) is 30.3 Å². The van der Waals surface area contributed by atoms with Gasteiger partial charge in [-0.25, -0.2) is 4.98 Å². The molecule has 2 unspecified atom stereocenters. The monoisotopic (exact) mass is 295 g/mol. The molecule has 2 N–H and O–H groups in total. The van der Waals surface area contributed by atoms with E-state index in [9.17, 15) is 9.90 Å². The number of nitriles is 1. The highest BCUT2D eigenvalue weighted by Gasteiger charge is 2.18. The number of carbonyl (C=O) groups is 1. The van der Waals surface area contributed by atoms with Crippen LogP contribution in [-0.2, 0) is 6.42 Å². The summed E-state index contributed by atoms with van der Waals surface area (Å²) in [4.78, 5) is 16.0. The van der Waals surface area contributed by atoms with E-state index in [0.717, 1.165) is 5.56 Å². The number of hydrogen-bond acceptors (Lipinski definition) is 4. The van der Waals surface area contributed by atoms with Gasteiger partial charge in [0.05, 0.1) is 17.7 Å². The van der Waals surface area contributed by atoms with Crippen molar-refractivity contribution in [1.29, 1.82) is 5.26 Å². The van der Waals surface area contributed by atoms with Gasteiger partial charge in [-0.3, -0.25) is 4.79 Å². The number of nitrogens with one attached hydrogen (secondary N) is 1. The Kier molecular flexibility index (Phi) is 5.23. The summed E-state index contributed by atoms with van der Waals surface area (Å²) in [6, 6.07) is 14.2. The SMILES string of the molecule is CC(NC(=O)c1ccc(C#N)cn1)C(O)Cc1ccccc1. The second-order valence-electron chi connectivity index (χ2n) is 5.06. The Morgan fingerprint density at radius 3 is 2.64 bits per heavy atom. The van der Waals surface area contributed by atoms with E-state index in [1.807, 2.05) is 36.4 Å². The first kappa shape index (κ1) is 15.7. The van der Waals surface area contributed by atoms with Crippen molar-refractivity contribution in [3.8, 4) is 6.07 Å². The number of nitrogens with zero attached hydrogens (tertiary/aromatic N) is 2. The molecule has 2 rings (SSSR count). The highest BCUT2D eigenvalue weighted by molar-refractivity contribution is 5.92. The van der Waals surface area contributed by atoms with Gasteiger partial charge in [0, 0.05) is 12.6 Å². The van der Waals surface area contributed by atoms with Crippen LogP contribution < -0.4 is 5.32 Å². The summed E-state index contributed by atoms with van der Waals surface area (Å²) in [6.45, 7) is 1.75. The first-order chi connectivity index (χ1) is 10.6. The molecular formula is C17H17N3O2. The minimum Gasteiger partial charge on any atom is -0.391 e. The predicted octanol–water partition coefficient (Wildman–Crippen LogP) is 1.68. The summed E-state index contributed by atoms with van der Waals surface area (Å²) in [5.74, 6) is -0.371. The first-order valence-corrected chi connectivity index (χ1v) is 6.99. The van der Waals surface area contributed by atoms with Crippen LogP contribution in [0.1, 0.15) is 28.5 Å². The standard InChI is InChI=1S/C17H17N3O2/c1-12(16(21)9-13-5-3-2-4-6-13)20-17(22)15-8-7-14(10-18)11-19-15/h2-8,11-12,16,21H,9H2,1H3,(H,20,22). The van der Waals surface area contributed by atoms with E-state index in [-0.39, 0.29) is 11.6 Å². The van der Waals surface area contributed by atoms with Crippen molar-refractivity contribution in [1.82, 2.24) is 10.3 Å². The van der Waals surface area contributed by atoms with E-state index < -0.39 is 12.1 Å². The molecule has 0 aliphatic carbocycles. The lowest BCUT2D eigenvalue weighted by Crippen LogP contribution is -2.42. The lowest BCUT2D eigenvalue weighted by Gasteiger charge is -2.20. The number of rotatable bonds is 5. The zero-order valence-corrected chi connectivity index (χ0v) is 12.2. The maximum atomic E-state index is 12.0. The third-order valence-electron chi connectivity index (χ3n) is 3.35. The number of pyridine rings is 1. The number of aliphatic hydroxyl groups is 1. The molecule has 2 aromatic rings. The van der Waals surface area contributed by atoms with Gasteiger partial charge < -0.3 is 10.4 Å². The average Bonchev–Trinajstić information content (AvgIpc) is 2.55. The summed E-state index contributed by atoms with van der Waals surface area (Å²) in [5.41, 5.74) is 1.62. The van der Waals surface area contributed by atoms with E-state index in [4.69, 9.17) is 5.26 Å². The second kappa shape index (κ2) is 7.34. The molecule has 5 nitrogen and oxygen atoms in total. The summed E-state index contributed by atoms with van der Waals surface area (Å²) in [7, 11) is 0. The Bertz CT molecular complexity index is 663. The molecule has 0 radical (unpaired) electrons. The van der Waals surface area contributed by atoms with Gasteiger partial charge in [-0.05, 0) is 24.6 Å². The van der Waals surface area contributed by atoms with Gasteiger partial charge in [0.25, 0.3) is 5.91 Å². The molecule has 0 aliphatic rings. The van der Waals surface area contributed by atoms with Crippen LogP contribution in [-0.4, -0.2) is 28.1 Å². The van der Waals surface area contributed by atoms with Gasteiger partial charge in [-0.2, -0.15) is 5.26 Å². The third-order valence-corrected chi connectivity index (χ3v) is 3.35. The Morgan fingerprint density at radius 2 is 2.05 bits per heavy atom. The Hall–Kier alpha value is -2.71. The molecule has 0 spiro atoms. The van der Waals surface area contributed by atoms with Crippen molar-refractivity contribution >= 4 is 5.91 Å². The molecule has 0 fully saturated rings. The van der Waals surface area contributed by atoms with Crippen molar-refractivity contribution < 1.29 is 9.90 Å². The van der Waals surface area contributed by atoms with Gasteiger partial charge >= 0.3 is 0 Å². The lowest BCUT2D eigenvalue weighted by atomic mass is 10.0. The van der Waals surface area contributed by atoms with Crippen molar-refractivity contribution in [2.75, 3.05) is 0 Å². The topological polar surface area (TPSA) is 86.0 Å². The van der Waals surface area contributed by atoms with Crippen molar-refractivity contribution in [2.45, 2.75) is 25.5 Å². The van der Waals surface area contributed by atoms with E-state index in [1.54, 1.807) is 6.92 Å². The van der Waals surface area contributed by atoms with Crippen molar-refractivity contribution in [3.05, 3.63) is 65.5 Å². The largest absolute Gasteiger partial charge is 0.391 e. The second-order valence-corrected chi connectivity index (χ2v) is 5.06. The Labute approximate surface area is 129 Å². The van der Waals surface area contributed by atoms with E-state index in [2.05, 4.69) is 10.3 Å². The molecule has 1 amide bonds. The number of amides is 1. The molecule has 112 valence electrons. The van der Waals surface area contributed by atoms with Gasteiger partial charge in [0.2, 0.25) is 0 Å². The smallest absolute Gasteiger partial charge is 0.270 e. The summed E-state index contributed by atoms with van der Waals surface area (Å²) in [6.07, 6.45) is 1.12. The predicted molar refractivity (Wildman–Crippen MR) is 82.0 cm³/mol. The van der Waals surface area contributed by atoms with Gasteiger partial charge in [-0.15, -0.1) is 0 Å². The molecule has 22 heavy (non-hydrogen) atoms. The minimum absolute atomic E-state index is 0.220. The van der Waals surface area contributed by atoms with Crippen LogP contribution in [0, 0.1) is 11.3 Å². The average molecular weight is 295 g/mol. The number of benzene rings is 1. The normalized spacial score (nSPS) is 13.0. The van der Waals surface area contributed by atoms with Crippen LogP contribution in [0.15, 0.2) is 48.7 Å². The molecule has 0 saturated heterocycles. The minimum atomic E-state index is -0.690. The maximum Gasteiger partial charge on any atom is 0.270 e. The number of aliphatic hydroxyl groups excluding tert-OH is 1. The highest BCUT2D eigenvalue weighted by atomic mass is 16.3. The van der Waals surface area contributed by atoms with Crippen LogP contribution in [0.25, 0.3) is 0 Å². The fraction of sp³-hybridized carbons (Fsp3) is 0.235. The zero-order valence-electron chi connectivity index (χ0n) is 12.2. The molecule has 0 saturated carbocycles. The Morgan fingerprint density at radius 1 is 1.32 bits per heavy atom. The van der Waals surface area contributed by atoms with Crippen LogP contribution in [0.4, 0.5) is 0 Å². The first-order valence-electron chi connectivity index (χ1n) is 6.99. The zero-order chi connectivity index (χ0) is 15.9. The number of carbonyl (C=O) groups excluding carboxylic acids is 1. The van der Waals surface area contributed by atoms with Crippen LogP contribution in [0.3, 0.4) is 0 Å². The molecule has 0 bridgehead atoms. The fourth-order valence-corrected chi connectivity index (χ4v) is 2.00. The van der Waals surface area contributed by atoms with Crippen molar-refractivity contribution in [3.63, 3.8) is 0 Å². The third kappa shape index (κ3) is 4.14. The van der Waals surface area contributed by atoms with E-state index in [1.165, 1.54) is 18.3 Å². The number of hydrogen-bond donors (Lipinski definition) is 2. The van der Waals surface area contributed by atoms with Gasteiger partial charge in [0.15, 0.2) is 0 Å². The maximum absolute atomic E-state index is 12.0. The quantitative estimate of drug-likeness (QED) is 0.878.